The Morgan fingerprint density at radius 3 is 2.73 bits per heavy atom. The molecule has 78 valence electrons. The van der Waals surface area contributed by atoms with Crippen LogP contribution in [0.3, 0.4) is 0 Å². The number of rotatable bonds is 1. The molecule has 0 spiro atoms. The average molecular weight is 258 g/mol. The Labute approximate surface area is 102 Å². The summed E-state index contributed by atoms with van der Waals surface area (Å²) < 4.78 is 0. The highest BCUT2D eigenvalue weighted by molar-refractivity contribution is 7.80. The van der Waals surface area contributed by atoms with Crippen LogP contribution >= 0.6 is 35.6 Å². The van der Waals surface area contributed by atoms with E-state index in [1.54, 1.807) is 0 Å². The van der Waals surface area contributed by atoms with E-state index < -0.39 is 0 Å². The van der Waals surface area contributed by atoms with Gasteiger partial charge in [0.15, 0.2) is 5.01 Å². The van der Waals surface area contributed by atoms with Crippen LogP contribution in [0, 0.1) is 6.92 Å². The maximum Gasteiger partial charge on any atom is 0.203 e. The molecule has 0 saturated carbocycles. The monoisotopic (exact) mass is 257 g/mol. The van der Waals surface area contributed by atoms with Crippen molar-refractivity contribution in [2.45, 2.75) is 11.8 Å². The van der Waals surface area contributed by atoms with E-state index in [1.807, 2.05) is 19.1 Å². The predicted octanol–water partition coefficient (Wildman–Crippen LogP) is 3.04. The Morgan fingerprint density at radius 1 is 1.40 bits per heavy atom. The third-order valence-corrected chi connectivity index (χ3v) is 3.81. The molecule has 0 aliphatic rings. The van der Waals surface area contributed by atoms with Gasteiger partial charge in [-0.3, -0.25) is 0 Å². The molecule has 0 saturated heterocycles. The molecular weight excluding hydrogens is 250 g/mol. The first-order valence-electron chi connectivity index (χ1n) is 4.17. The first-order valence-corrected chi connectivity index (χ1v) is 5.81. The van der Waals surface area contributed by atoms with Crippen LogP contribution in [0.25, 0.3) is 10.6 Å². The maximum atomic E-state index is 5.97. The molecule has 2 N–H and O–H groups in total. The van der Waals surface area contributed by atoms with Crippen molar-refractivity contribution < 1.29 is 0 Å². The normalized spacial score (nSPS) is 10.6. The molecule has 0 aliphatic carbocycles. The smallest absolute Gasteiger partial charge is 0.203 e. The van der Waals surface area contributed by atoms with E-state index in [0.29, 0.717) is 10.2 Å². The number of nitrogens with two attached hydrogens (primary N) is 1. The predicted molar refractivity (Wildman–Crippen MR) is 66.8 cm³/mol. The number of anilines is 1. The van der Waals surface area contributed by atoms with Crippen molar-refractivity contribution in [2.24, 2.45) is 0 Å². The van der Waals surface area contributed by atoms with Crippen LogP contribution in [0.1, 0.15) is 5.56 Å². The van der Waals surface area contributed by atoms with E-state index in [9.17, 15) is 0 Å². The number of halogens is 1. The molecule has 1 heterocycles. The molecule has 3 nitrogen and oxygen atoms in total. The summed E-state index contributed by atoms with van der Waals surface area (Å²) in [4.78, 5) is 0.818. The lowest BCUT2D eigenvalue weighted by Crippen LogP contribution is -1.85. The topological polar surface area (TPSA) is 51.8 Å². The Kier molecular flexibility index (Phi) is 2.86. The molecule has 2 rings (SSSR count). The molecule has 0 atom stereocenters. The van der Waals surface area contributed by atoms with Gasteiger partial charge in [0.1, 0.15) is 0 Å². The van der Waals surface area contributed by atoms with Gasteiger partial charge >= 0.3 is 0 Å². The van der Waals surface area contributed by atoms with Crippen molar-refractivity contribution in [3.05, 3.63) is 22.7 Å². The van der Waals surface area contributed by atoms with Crippen LogP contribution in [0.2, 0.25) is 5.02 Å². The van der Waals surface area contributed by atoms with E-state index in [1.165, 1.54) is 11.3 Å². The van der Waals surface area contributed by atoms with E-state index >= 15 is 0 Å². The Bertz CT molecular complexity index is 510. The van der Waals surface area contributed by atoms with Gasteiger partial charge in [0.05, 0.1) is 0 Å². The molecule has 1 aromatic carbocycles. The quantitative estimate of drug-likeness (QED) is 0.772. The van der Waals surface area contributed by atoms with Gasteiger partial charge in [0.25, 0.3) is 0 Å². The summed E-state index contributed by atoms with van der Waals surface area (Å²) in [7, 11) is 0. The standard InChI is InChI=1S/C9H8ClN3S2/c1-4-6(10)3-2-5(7(4)14)8-12-13-9(11)15-8/h2-3,14H,1H3,(H2,11,13). The van der Waals surface area contributed by atoms with Crippen LogP contribution < -0.4 is 5.73 Å². The van der Waals surface area contributed by atoms with Crippen LogP contribution in [0.15, 0.2) is 17.0 Å². The zero-order valence-electron chi connectivity index (χ0n) is 7.86. The minimum absolute atomic E-state index is 0.449. The molecular formula is C9H8ClN3S2. The van der Waals surface area contributed by atoms with Gasteiger partial charge in [-0.05, 0) is 24.6 Å². The number of benzene rings is 1. The summed E-state index contributed by atoms with van der Waals surface area (Å²) in [5, 5.41) is 9.64. The molecule has 2 aromatic rings. The first-order chi connectivity index (χ1) is 7.09. The van der Waals surface area contributed by atoms with E-state index in [0.717, 1.165) is 21.0 Å². The third-order valence-electron chi connectivity index (χ3n) is 2.04. The fourth-order valence-electron chi connectivity index (χ4n) is 1.19. The van der Waals surface area contributed by atoms with E-state index in [4.69, 9.17) is 17.3 Å². The van der Waals surface area contributed by atoms with Gasteiger partial charge in [-0.15, -0.1) is 22.8 Å². The number of nitrogen functional groups attached to an aromatic ring is 1. The lowest BCUT2D eigenvalue weighted by atomic mass is 10.1. The molecule has 6 heteroatoms. The zero-order chi connectivity index (χ0) is 11.0. The second kappa shape index (κ2) is 4.00. The van der Waals surface area contributed by atoms with Crippen molar-refractivity contribution >= 4 is 40.7 Å². The number of aromatic nitrogens is 2. The van der Waals surface area contributed by atoms with Crippen LogP contribution in [-0.4, -0.2) is 10.2 Å². The lowest BCUT2D eigenvalue weighted by Gasteiger charge is -2.05. The highest BCUT2D eigenvalue weighted by atomic mass is 35.5. The van der Waals surface area contributed by atoms with Crippen LogP contribution in [0.5, 0.6) is 0 Å². The molecule has 0 bridgehead atoms. The Morgan fingerprint density at radius 2 is 2.13 bits per heavy atom. The number of hydrogen-bond acceptors (Lipinski definition) is 5. The van der Waals surface area contributed by atoms with Gasteiger partial charge in [0, 0.05) is 15.5 Å². The summed E-state index contributed by atoms with van der Waals surface area (Å²) in [6, 6.07) is 3.70. The largest absolute Gasteiger partial charge is 0.374 e. The van der Waals surface area contributed by atoms with Crippen molar-refractivity contribution in [2.75, 3.05) is 5.73 Å². The molecule has 0 amide bonds. The van der Waals surface area contributed by atoms with Crippen molar-refractivity contribution in [3.63, 3.8) is 0 Å². The summed E-state index contributed by atoms with van der Waals surface area (Å²) >= 11 is 11.7. The third kappa shape index (κ3) is 1.95. The SMILES string of the molecule is Cc1c(Cl)ccc(-c2nnc(N)s2)c1S. The minimum Gasteiger partial charge on any atom is -0.374 e. The summed E-state index contributed by atoms with van der Waals surface area (Å²) in [6.45, 7) is 1.92. The fourth-order valence-corrected chi connectivity index (χ4v) is 2.43. The molecule has 0 aliphatic heterocycles. The summed E-state index contributed by atoms with van der Waals surface area (Å²) in [5.74, 6) is 0. The average Bonchev–Trinajstić information content (AvgIpc) is 2.61. The van der Waals surface area contributed by atoms with Crippen molar-refractivity contribution in [3.8, 4) is 10.6 Å². The highest BCUT2D eigenvalue weighted by Crippen LogP contribution is 2.34. The minimum atomic E-state index is 0.449. The van der Waals surface area contributed by atoms with Crippen molar-refractivity contribution in [1.82, 2.24) is 10.2 Å². The van der Waals surface area contributed by atoms with Crippen LogP contribution in [0.4, 0.5) is 5.13 Å². The first kappa shape index (κ1) is 10.7. The zero-order valence-corrected chi connectivity index (χ0v) is 10.3. The number of nitrogens with zero attached hydrogens (tertiary/aromatic N) is 2. The highest BCUT2D eigenvalue weighted by Gasteiger charge is 2.11. The summed E-state index contributed by atoms with van der Waals surface area (Å²) in [5.41, 5.74) is 7.38. The molecule has 0 radical (unpaired) electrons. The van der Waals surface area contributed by atoms with E-state index in [-0.39, 0.29) is 0 Å². The fraction of sp³-hybridized carbons (Fsp3) is 0.111. The van der Waals surface area contributed by atoms with E-state index in [2.05, 4.69) is 22.8 Å². The number of thiol groups is 1. The van der Waals surface area contributed by atoms with Crippen molar-refractivity contribution in [1.29, 1.82) is 0 Å². The molecule has 15 heavy (non-hydrogen) atoms. The van der Waals surface area contributed by atoms with Gasteiger partial charge in [-0.2, -0.15) is 0 Å². The van der Waals surface area contributed by atoms with Gasteiger partial charge in [-0.25, -0.2) is 0 Å². The number of hydrogen-bond donors (Lipinski definition) is 2. The van der Waals surface area contributed by atoms with Gasteiger partial charge < -0.3 is 5.73 Å². The van der Waals surface area contributed by atoms with Crippen LogP contribution in [-0.2, 0) is 0 Å². The van der Waals surface area contributed by atoms with Gasteiger partial charge in [0.2, 0.25) is 5.13 Å². The second-order valence-electron chi connectivity index (χ2n) is 3.01. The summed E-state index contributed by atoms with van der Waals surface area (Å²) in [6.07, 6.45) is 0. The molecule has 0 unspecified atom stereocenters. The Balaban J connectivity index is 2.59. The Hall–Kier alpha value is -0.780. The molecule has 0 fully saturated rings. The maximum absolute atomic E-state index is 5.97. The molecule has 1 aromatic heterocycles. The lowest BCUT2D eigenvalue weighted by molar-refractivity contribution is 1.10. The second-order valence-corrected chi connectivity index (χ2v) is 4.88. The van der Waals surface area contributed by atoms with Gasteiger partial charge in [-0.1, -0.05) is 22.9 Å².